The second kappa shape index (κ2) is 10.7. The maximum absolute atomic E-state index is 12.8. The summed E-state index contributed by atoms with van der Waals surface area (Å²) in [6.45, 7) is 4.45. The lowest BCUT2D eigenvalue weighted by Crippen LogP contribution is -2.68. The minimum absolute atomic E-state index is 0.0897. The fraction of sp³-hybridized carbons (Fsp3) is 0.533. The van der Waals surface area contributed by atoms with Crippen LogP contribution >= 0.6 is 0 Å². The molecular weight excluding hydrogens is 468 g/mol. The van der Waals surface area contributed by atoms with Crippen molar-refractivity contribution in [3.63, 3.8) is 0 Å². The van der Waals surface area contributed by atoms with Crippen LogP contribution in [-0.4, -0.2) is 55.3 Å². The standard InChI is InChI=1S/C30H38N2O5/c1-22(33)37-30-14-13-26(31-28(34)36-20-24-7-4-3-5-8-24)18-29(30,25-9-6-10-27(17-25)35-2)15-16-32(21-30)19-23-11-12-23/h3-10,17,23,26H,11-16,18-21H2,1-2H3,(H,31,34)/t26-,29+,30+/m1/s1. The summed E-state index contributed by atoms with van der Waals surface area (Å²) < 4.78 is 17.5. The highest BCUT2D eigenvalue weighted by Crippen LogP contribution is 2.54. The number of ether oxygens (including phenoxy) is 3. The molecular formula is C30H38N2O5. The van der Waals surface area contributed by atoms with Gasteiger partial charge in [0.1, 0.15) is 18.0 Å². The molecule has 198 valence electrons. The van der Waals surface area contributed by atoms with Crippen LogP contribution in [0.4, 0.5) is 4.79 Å². The van der Waals surface area contributed by atoms with E-state index in [9.17, 15) is 9.59 Å². The van der Waals surface area contributed by atoms with Gasteiger partial charge in [0.25, 0.3) is 0 Å². The van der Waals surface area contributed by atoms with Gasteiger partial charge in [-0.3, -0.25) is 9.69 Å². The van der Waals surface area contributed by atoms with Crippen LogP contribution in [0.15, 0.2) is 54.6 Å². The number of hydrogen-bond acceptors (Lipinski definition) is 6. The van der Waals surface area contributed by atoms with Gasteiger partial charge >= 0.3 is 12.1 Å². The number of piperidine rings is 1. The quantitative estimate of drug-likeness (QED) is 0.517. The summed E-state index contributed by atoms with van der Waals surface area (Å²) in [6.07, 6.45) is 5.07. The molecule has 1 saturated heterocycles. The number of likely N-dealkylation sites (tertiary alicyclic amines) is 1. The number of benzene rings is 2. The van der Waals surface area contributed by atoms with Crippen molar-refractivity contribution in [1.29, 1.82) is 0 Å². The van der Waals surface area contributed by atoms with Crippen LogP contribution in [0.2, 0.25) is 0 Å². The Kier molecular flexibility index (Phi) is 7.43. The largest absolute Gasteiger partial charge is 0.497 e. The molecule has 2 aromatic rings. The molecule has 1 aliphatic heterocycles. The fourth-order valence-electron chi connectivity index (χ4n) is 6.48. The van der Waals surface area contributed by atoms with Gasteiger partial charge in [-0.25, -0.2) is 4.79 Å². The van der Waals surface area contributed by atoms with E-state index in [-0.39, 0.29) is 18.6 Å². The molecule has 3 fully saturated rings. The van der Waals surface area contributed by atoms with Crippen molar-refractivity contribution < 1.29 is 23.8 Å². The van der Waals surface area contributed by atoms with Gasteiger partial charge in [-0.05, 0) is 74.2 Å². The average Bonchev–Trinajstić information content (AvgIpc) is 3.72. The molecule has 1 amide bonds. The molecule has 2 aliphatic carbocycles. The summed E-state index contributed by atoms with van der Waals surface area (Å²) in [5, 5.41) is 3.12. The van der Waals surface area contributed by atoms with E-state index in [0.717, 1.165) is 48.7 Å². The number of hydrogen-bond donors (Lipinski definition) is 1. The number of esters is 1. The average molecular weight is 507 g/mol. The Bertz CT molecular complexity index is 1100. The zero-order valence-corrected chi connectivity index (χ0v) is 21.9. The van der Waals surface area contributed by atoms with E-state index in [0.29, 0.717) is 19.4 Å². The zero-order valence-electron chi connectivity index (χ0n) is 21.9. The topological polar surface area (TPSA) is 77.1 Å². The van der Waals surface area contributed by atoms with Crippen molar-refractivity contribution in [1.82, 2.24) is 10.2 Å². The van der Waals surface area contributed by atoms with Crippen LogP contribution < -0.4 is 10.1 Å². The molecule has 1 N–H and O–H groups in total. The number of carbonyl (C=O) groups is 2. The molecule has 7 nitrogen and oxygen atoms in total. The van der Waals surface area contributed by atoms with Crippen LogP contribution in [0, 0.1) is 5.92 Å². The first-order valence-corrected chi connectivity index (χ1v) is 13.5. The van der Waals surface area contributed by atoms with Crippen LogP contribution in [0.5, 0.6) is 5.75 Å². The van der Waals surface area contributed by atoms with Gasteiger partial charge in [-0.15, -0.1) is 0 Å². The third-order valence-electron chi connectivity index (χ3n) is 8.41. The van der Waals surface area contributed by atoms with Gasteiger partial charge in [-0.1, -0.05) is 42.5 Å². The molecule has 5 rings (SSSR count). The molecule has 3 aliphatic rings. The second-order valence-electron chi connectivity index (χ2n) is 11.0. The van der Waals surface area contributed by atoms with Crippen LogP contribution in [0.3, 0.4) is 0 Å². The van der Waals surface area contributed by atoms with E-state index in [4.69, 9.17) is 14.2 Å². The summed E-state index contributed by atoms with van der Waals surface area (Å²) in [5.74, 6) is 1.28. The van der Waals surface area contributed by atoms with Gasteiger partial charge in [0, 0.05) is 31.5 Å². The van der Waals surface area contributed by atoms with Crippen molar-refractivity contribution in [2.24, 2.45) is 5.92 Å². The maximum Gasteiger partial charge on any atom is 0.407 e. The number of carbonyl (C=O) groups excluding carboxylic acids is 2. The Morgan fingerprint density at radius 1 is 1.05 bits per heavy atom. The summed E-state index contributed by atoms with van der Waals surface area (Å²) in [7, 11) is 1.67. The number of rotatable bonds is 8. The van der Waals surface area contributed by atoms with Crippen LogP contribution in [-0.2, 0) is 26.3 Å². The maximum atomic E-state index is 12.8. The Morgan fingerprint density at radius 2 is 1.86 bits per heavy atom. The van der Waals surface area contributed by atoms with Gasteiger partial charge in [0.2, 0.25) is 0 Å². The molecule has 37 heavy (non-hydrogen) atoms. The molecule has 0 unspecified atom stereocenters. The Balaban J connectivity index is 1.40. The summed E-state index contributed by atoms with van der Waals surface area (Å²) in [4.78, 5) is 27.8. The molecule has 2 aromatic carbocycles. The molecule has 7 heteroatoms. The SMILES string of the molecule is COc1cccc([C@@]23CCN(CC4CC4)C[C@@]2(OC(C)=O)CC[C@@H](NC(=O)OCc2ccccc2)C3)c1. The third kappa shape index (κ3) is 5.61. The Labute approximate surface area is 219 Å². The minimum Gasteiger partial charge on any atom is -0.497 e. The second-order valence-corrected chi connectivity index (χ2v) is 11.0. The first-order chi connectivity index (χ1) is 17.9. The van der Waals surface area contributed by atoms with Crippen molar-refractivity contribution in [2.75, 3.05) is 26.7 Å². The van der Waals surface area contributed by atoms with E-state index >= 15 is 0 Å². The predicted octanol–water partition coefficient (Wildman–Crippen LogP) is 4.83. The van der Waals surface area contributed by atoms with E-state index in [1.165, 1.54) is 19.8 Å². The summed E-state index contributed by atoms with van der Waals surface area (Å²) in [5.41, 5.74) is 0.947. The van der Waals surface area contributed by atoms with Gasteiger partial charge in [0.05, 0.1) is 7.11 Å². The first-order valence-electron chi connectivity index (χ1n) is 13.5. The molecule has 0 radical (unpaired) electrons. The van der Waals surface area contributed by atoms with Crippen LogP contribution in [0.25, 0.3) is 0 Å². The van der Waals surface area contributed by atoms with Crippen molar-refractivity contribution in [3.05, 3.63) is 65.7 Å². The molecule has 0 aromatic heterocycles. The number of nitrogens with zero attached hydrogens (tertiary/aromatic N) is 1. The van der Waals surface area contributed by atoms with E-state index in [2.05, 4.69) is 22.3 Å². The van der Waals surface area contributed by atoms with Crippen molar-refractivity contribution in [3.8, 4) is 5.75 Å². The van der Waals surface area contributed by atoms with Crippen LogP contribution in [0.1, 0.15) is 56.6 Å². The minimum atomic E-state index is -0.662. The first kappa shape index (κ1) is 25.6. The van der Waals surface area contributed by atoms with Crippen molar-refractivity contribution >= 4 is 12.1 Å². The third-order valence-corrected chi connectivity index (χ3v) is 8.41. The summed E-state index contributed by atoms with van der Waals surface area (Å²) in [6, 6.07) is 17.7. The van der Waals surface area contributed by atoms with E-state index in [1.54, 1.807) is 7.11 Å². The molecule has 2 saturated carbocycles. The molecule has 1 heterocycles. The number of amides is 1. The molecule has 3 atom stereocenters. The number of fused-ring (bicyclic) bond motifs is 1. The molecule has 0 bridgehead atoms. The summed E-state index contributed by atoms with van der Waals surface area (Å²) >= 11 is 0. The van der Waals surface area contributed by atoms with Gasteiger partial charge in [-0.2, -0.15) is 0 Å². The van der Waals surface area contributed by atoms with Crippen molar-refractivity contribution in [2.45, 2.75) is 69.1 Å². The Hall–Kier alpha value is -3.06. The smallest absolute Gasteiger partial charge is 0.407 e. The van der Waals surface area contributed by atoms with E-state index in [1.807, 2.05) is 42.5 Å². The lowest BCUT2D eigenvalue weighted by molar-refractivity contribution is -0.187. The normalized spacial score (nSPS) is 27.6. The Morgan fingerprint density at radius 3 is 2.59 bits per heavy atom. The highest BCUT2D eigenvalue weighted by atomic mass is 16.6. The number of alkyl carbamates (subject to hydrolysis) is 1. The van der Waals surface area contributed by atoms with Gasteiger partial charge < -0.3 is 19.5 Å². The highest BCUT2D eigenvalue weighted by Gasteiger charge is 2.61. The number of methoxy groups -OCH3 is 1. The predicted molar refractivity (Wildman–Crippen MR) is 140 cm³/mol. The highest BCUT2D eigenvalue weighted by molar-refractivity contribution is 5.68. The zero-order chi connectivity index (χ0) is 25.9. The lowest BCUT2D eigenvalue weighted by atomic mass is 9.55. The van der Waals surface area contributed by atoms with E-state index < -0.39 is 17.1 Å². The van der Waals surface area contributed by atoms with Gasteiger partial charge in [0.15, 0.2) is 0 Å². The molecule has 0 spiro atoms. The lowest BCUT2D eigenvalue weighted by Gasteiger charge is -2.59. The number of nitrogens with one attached hydrogen (secondary N) is 1. The monoisotopic (exact) mass is 506 g/mol. The fourth-order valence-corrected chi connectivity index (χ4v) is 6.48.